The Hall–Kier alpha value is -3.09. The molecule has 0 saturated carbocycles. The SMILES string of the molecule is CCc1cc2c(N3CCN(C(=O)c4ccc(-c5csnn5)cc4)CC3)nc(SCC(=O)O)nc2s1. The van der Waals surface area contributed by atoms with Crippen LogP contribution in [-0.2, 0) is 11.2 Å². The molecule has 1 saturated heterocycles. The highest BCUT2D eigenvalue weighted by atomic mass is 32.2. The Labute approximate surface area is 214 Å². The molecule has 12 heteroatoms. The van der Waals surface area contributed by atoms with Crippen LogP contribution in [0.25, 0.3) is 21.5 Å². The Morgan fingerprint density at radius 3 is 2.54 bits per heavy atom. The number of aromatic nitrogens is 4. The van der Waals surface area contributed by atoms with E-state index in [1.54, 1.807) is 11.3 Å². The van der Waals surface area contributed by atoms with Gasteiger partial charge in [0.15, 0.2) is 5.16 Å². The van der Waals surface area contributed by atoms with E-state index in [0.29, 0.717) is 36.9 Å². The summed E-state index contributed by atoms with van der Waals surface area (Å²) in [5.74, 6) is -0.171. The minimum atomic E-state index is -0.899. The van der Waals surface area contributed by atoms with Crippen LogP contribution in [0.3, 0.4) is 0 Å². The highest BCUT2D eigenvalue weighted by Crippen LogP contribution is 2.34. The molecule has 0 bridgehead atoms. The number of thioether (sulfide) groups is 1. The van der Waals surface area contributed by atoms with Crippen LogP contribution in [0.15, 0.2) is 40.9 Å². The van der Waals surface area contributed by atoms with Crippen LogP contribution in [-0.4, -0.2) is 73.4 Å². The van der Waals surface area contributed by atoms with Gasteiger partial charge >= 0.3 is 5.97 Å². The lowest BCUT2D eigenvalue weighted by molar-refractivity contribution is -0.133. The monoisotopic (exact) mass is 526 g/mol. The number of carbonyl (C=O) groups excluding carboxylic acids is 1. The Bertz CT molecular complexity index is 1350. The standard InChI is InChI=1S/C23H22N6O3S3/c1-2-16-11-17-20(24-23(25-21(17)35-16)33-13-19(30)31)28-7-9-29(10-8-28)22(32)15-5-3-14(4-6-15)18-12-34-27-26-18/h3-6,11-12H,2,7-10,13H2,1H3,(H,30,31). The second-order valence-corrected chi connectivity index (χ2v) is 10.6. The van der Waals surface area contributed by atoms with Gasteiger partial charge in [-0.25, -0.2) is 9.97 Å². The Morgan fingerprint density at radius 1 is 1.11 bits per heavy atom. The molecule has 0 spiro atoms. The van der Waals surface area contributed by atoms with Crippen molar-refractivity contribution in [3.63, 3.8) is 0 Å². The minimum Gasteiger partial charge on any atom is -0.481 e. The van der Waals surface area contributed by atoms with Crippen LogP contribution < -0.4 is 4.90 Å². The lowest BCUT2D eigenvalue weighted by Crippen LogP contribution is -2.49. The van der Waals surface area contributed by atoms with Gasteiger partial charge in [0.05, 0.1) is 11.1 Å². The highest BCUT2D eigenvalue weighted by Gasteiger charge is 2.25. The summed E-state index contributed by atoms with van der Waals surface area (Å²) in [6.07, 6.45) is 0.901. The van der Waals surface area contributed by atoms with Gasteiger partial charge in [0.1, 0.15) is 16.3 Å². The number of rotatable bonds is 7. The first-order valence-corrected chi connectivity index (χ1v) is 13.7. The quantitative estimate of drug-likeness (QED) is 0.283. The number of amides is 1. The van der Waals surface area contributed by atoms with Crippen molar-refractivity contribution < 1.29 is 14.7 Å². The normalized spacial score (nSPS) is 14.0. The maximum Gasteiger partial charge on any atom is 0.313 e. The van der Waals surface area contributed by atoms with Crippen LogP contribution in [0.5, 0.6) is 0 Å². The zero-order valence-corrected chi connectivity index (χ0v) is 21.3. The first kappa shape index (κ1) is 23.6. The average Bonchev–Trinajstić information content (AvgIpc) is 3.57. The number of carbonyl (C=O) groups is 2. The molecule has 1 fully saturated rings. The zero-order valence-electron chi connectivity index (χ0n) is 18.9. The summed E-state index contributed by atoms with van der Waals surface area (Å²) in [7, 11) is 0. The summed E-state index contributed by atoms with van der Waals surface area (Å²) >= 11 is 4.04. The number of aryl methyl sites for hydroxylation is 1. The lowest BCUT2D eigenvalue weighted by Gasteiger charge is -2.35. The minimum absolute atomic E-state index is 0.00180. The molecule has 9 nitrogen and oxygen atoms in total. The van der Waals surface area contributed by atoms with Crippen molar-refractivity contribution in [1.82, 2.24) is 24.5 Å². The van der Waals surface area contributed by atoms with Crippen molar-refractivity contribution in [3.8, 4) is 11.3 Å². The maximum absolute atomic E-state index is 13.1. The lowest BCUT2D eigenvalue weighted by atomic mass is 10.1. The van der Waals surface area contributed by atoms with Crippen molar-refractivity contribution in [3.05, 3.63) is 46.2 Å². The number of carboxylic acid groups (broad SMARTS) is 1. The molecular formula is C23H22N6O3S3. The maximum atomic E-state index is 13.1. The fourth-order valence-corrected chi connectivity index (χ4v) is 5.97. The van der Waals surface area contributed by atoms with E-state index >= 15 is 0 Å². The fraction of sp³-hybridized carbons (Fsp3) is 0.304. The van der Waals surface area contributed by atoms with Crippen molar-refractivity contribution in [2.45, 2.75) is 18.5 Å². The number of nitrogens with zero attached hydrogens (tertiary/aromatic N) is 6. The highest BCUT2D eigenvalue weighted by molar-refractivity contribution is 7.99. The molecule has 1 amide bonds. The number of aliphatic carboxylic acids is 1. The van der Waals surface area contributed by atoms with E-state index in [0.717, 1.165) is 45.5 Å². The molecule has 1 N–H and O–H groups in total. The molecule has 0 radical (unpaired) electrons. The van der Waals surface area contributed by atoms with Crippen molar-refractivity contribution in [1.29, 1.82) is 0 Å². The smallest absolute Gasteiger partial charge is 0.313 e. The van der Waals surface area contributed by atoms with Gasteiger partial charge in [0.2, 0.25) is 0 Å². The Kier molecular flexibility index (Phi) is 6.93. The Morgan fingerprint density at radius 2 is 1.89 bits per heavy atom. The van der Waals surface area contributed by atoms with Crippen molar-refractivity contribution in [2.75, 3.05) is 36.8 Å². The van der Waals surface area contributed by atoms with Crippen LogP contribution >= 0.6 is 34.6 Å². The summed E-state index contributed by atoms with van der Waals surface area (Å²) in [5.41, 5.74) is 2.39. The van der Waals surface area contributed by atoms with E-state index in [-0.39, 0.29) is 11.7 Å². The molecule has 4 aromatic rings. The average molecular weight is 527 g/mol. The van der Waals surface area contributed by atoms with E-state index in [1.165, 1.54) is 16.4 Å². The number of carboxylic acids is 1. The molecule has 0 aliphatic carbocycles. The van der Waals surface area contributed by atoms with Gasteiger partial charge in [-0.15, -0.1) is 16.4 Å². The van der Waals surface area contributed by atoms with Gasteiger partial charge in [-0.05, 0) is 36.2 Å². The predicted octanol–water partition coefficient (Wildman–Crippen LogP) is 3.91. The van der Waals surface area contributed by atoms with Crippen LogP contribution in [0.2, 0.25) is 0 Å². The van der Waals surface area contributed by atoms with Gasteiger partial charge in [0.25, 0.3) is 5.91 Å². The second kappa shape index (κ2) is 10.3. The molecule has 1 aromatic carbocycles. The number of thiophene rings is 1. The van der Waals surface area contributed by atoms with E-state index in [2.05, 4.69) is 32.5 Å². The molecule has 180 valence electrons. The number of hydrogen-bond acceptors (Lipinski definition) is 10. The fourth-order valence-electron chi connectivity index (χ4n) is 3.92. The van der Waals surface area contributed by atoms with Gasteiger partial charge < -0.3 is 14.9 Å². The number of piperazine rings is 1. The van der Waals surface area contributed by atoms with Gasteiger partial charge in [-0.2, -0.15) is 0 Å². The molecule has 5 rings (SSSR count). The second-order valence-electron chi connectivity index (χ2n) is 7.94. The number of anilines is 1. The molecule has 0 unspecified atom stereocenters. The van der Waals surface area contributed by atoms with Gasteiger partial charge in [-0.1, -0.05) is 35.3 Å². The summed E-state index contributed by atoms with van der Waals surface area (Å²) in [6, 6.07) is 9.59. The van der Waals surface area contributed by atoms with Gasteiger partial charge in [-0.3, -0.25) is 9.59 Å². The molecule has 35 heavy (non-hydrogen) atoms. The largest absolute Gasteiger partial charge is 0.481 e. The molecule has 0 atom stereocenters. The number of fused-ring (bicyclic) bond motifs is 1. The Balaban J connectivity index is 1.31. The van der Waals surface area contributed by atoms with Crippen molar-refractivity contribution >= 4 is 62.5 Å². The predicted molar refractivity (Wildman–Crippen MR) is 139 cm³/mol. The van der Waals surface area contributed by atoms with E-state index < -0.39 is 5.97 Å². The van der Waals surface area contributed by atoms with Crippen LogP contribution in [0.1, 0.15) is 22.2 Å². The summed E-state index contributed by atoms with van der Waals surface area (Å²) in [4.78, 5) is 39.5. The molecule has 1 aliphatic rings. The van der Waals surface area contributed by atoms with E-state index in [1.807, 2.05) is 34.5 Å². The molecular weight excluding hydrogens is 504 g/mol. The summed E-state index contributed by atoms with van der Waals surface area (Å²) in [5, 5.41) is 16.5. The molecule has 1 aliphatic heterocycles. The number of benzene rings is 1. The molecule has 3 aromatic heterocycles. The topological polar surface area (TPSA) is 112 Å². The van der Waals surface area contributed by atoms with Gasteiger partial charge in [0, 0.05) is 47.6 Å². The van der Waals surface area contributed by atoms with Crippen LogP contribution in [0, 0.1) is 0 Å². The third kappa shape index (κ3) is 5.14. The van der Waals surface area contributed by atoms with Crippen LogP contribution in [0.4, 0.5) is 5.82 Å². The number of hydrogen-bond donors (Lipinski definition) is 1. The summed E-state index contributed by atoms with van der Waals surface area (Å²) < 4.78 is 3.89. The van der Waals surface area contributed by atoms with E-state index in [9.17, 15) is 9.59 Å². The zero-order chi connectivity index (χ0) is 24.4. The first-order chi connectivity index (χ1) is 17.0. The molecule has 4 heterocycles. The first-order valence-electron chi connectivity index (χ1n) is 11.1. The third-order valence-corrected chi connectivity index (χ3v) is 8.24. The van der Waals surface area contributed by atoms with E-state index in [4.69, 9.17) is 10.1 Å². The third-order valence-electron chi connectivity index (χ3n) is 5.73. The van der Waals surface area contributed by atoms with Crippen molar-refractivity contribution in [2.24, 2.45) is 0 Å². The summed E-state index contributed by atoms with van der Waals surface area (Å²) in [6.45, 7) is 4.53.